The highest BCUT2D eigenvalue weighted by Gasteiger charge is 2.02. The van der Waals surface area contributed by atoms with Crippen LogP contribution in [0.2, 0.25) is 0 Å². The maximum atomic E-state index is 3.44. The maximum absolute atomic E-state index is 3.44. The highest BCUT2D eigenvalue weighted by atomic mass is 32.2. The third-order valence-electron chi connectivity index (χ3n) is 2.92. The van der Waals surface area contributed by atoms with E-state index in [1.807, 2.05) is 11.8 Å². The van der Waals surface area contributed by atoms with Crippen molar-refractivity contribution in [3.05, 3.63) is 29.8 Å². The van der Waals surface area contributed by atoms with Gasteiger partial charge in [0.15, 0.2) is 0 Å². The topological polar surface area (TPSA) is 12.0 Å². The van der Waals surface area contributed by atoms with Crippen LogP contribution < -0.4 is 5.32 Å². The molecule has 0 fully saturated rings. The minimum Gasteiger partial charge on any atom is -0.315 e. The molecule has 0 aliphatic heterocycles. The molecule has 2 heteroatoms. The van der Waals surface area contributed by atoms with Crippen molar-refractivity contribution in [2.45, 2.75) is 51.0 Å². The molecule has 1 aromatic rings. The van der Waals surface area contributed by atoms with Crippen LogP contribution in [-0.4, -0.2) is 18.3 Å². The molecule has 17 heavy (non-hydrogen) atoms. The molecule has 0 aromatic heterocycles. The summed E-state index contributed by atoms with van der Waals surface area (Å²) in [4.78, 5) is 1.39. The SMILES string of the molecule is CCNC(C)CCSc1ccc(C(C)C)cc1. The van der Waals surface area contributed by atoms with Crippen LogP contribution in [0.15, 0.2) is 29.2 Å². The molecular weight excluding hydrogens is 226 g/mol. The van der Waals surface area contributed by atoms with Gasteiger partial charge in [-0.3, -0.25) is 0 Å². The van der Waals surface area contributed by atoms with Gasteiger partial charge < -0.3 is 5.32 Å². The summed E-state index contributed by atoms with van der Waals surface area (Å²) in [6, 6.07) is 9.62. The molecule has 0 spiro atoms. The fourth-order valence-corrected chi connectivity index (χ4v) is 2.79. The second-order valence-electron chi connectivity index (χ2n) is 4.82. The van der Waals surface area contributed by atoms with Gasteiger partial charge in [-0.2, -0.15) is 0 Å². The number of thioether (sulfide) groups is 1. The third-order valence-corrected chi connectivity index (χ3v) is 3.96. The van der Waals surface area contributed by atoms with E-state index in [0.717, 1.165) is 6.54 Å². The van der Waals surface area contributed by atoms with Crippen molar-refractivity contribution >= 4 is 11.8 Å². The lowest BCUT2D eigenvalue weighted by Crippen LogP contribution is -2.25. The van der Waals surface area contributed by atoms with Crippen molar-refractivity contribution in [3.8, 4) is 0 Å². The normalized spacial score (nSPS) is 13.0. The van der Waals surface area contributed by atoms with Crippen LogP contribution in [0, 0.1) is 0 Å². The summed E-state index contributed by atoms with van der Waals surface area (Å²) in [5.74, 6) is 1.82. The van der Waals surface area contributed by atoms with Crippen molar-refractivity contribution in [3.63, 3.8) is 0 Å². The molecule has 0 aliphatic rings. The van der Waals surface area contributed by atoms with Crippen molar-refractivity contribution in [2.24, 2.45) is 0 Å². The lowest BCUT2D eigenvalue weighted by Gasteiger charge is -2.11. The number of hydrogen-bond acceptors (Lipinski definition) is 2. The average Bonchev–Trinajstić information content (AvgIpc) is 2.30. The molecule has 0 heterocycles. The molecule has 0 aliphatic carbocycles. The molecule has 1 unspecified atom stereocenters. The zero-order chi connectivity index (χ0) is 12.7. The summed E-state index contributed by atoms with van der Waals surface area (Å²) in [7, 11) is 0. The summed E-state index contributed by atoms with van der Waals surface area (Å²) >= 11 is 1.96. The van der Waals surface area contributed by atoms with Crippen LogP contribution in [0.3, 0.4) is 0 Å². The molecular formula is C15H25NS. The Morgan fingerprint density at radius 1 is 1.12 bits per heavy atom. The predicted octanol–water partition coefficient (Wildman–Crippen LogP) is 4.29. The van der Waals surface area contributed by atoms with Crippen molar-refractivity contribution in [1.29, 1.82) is 0 Å². The summed E-state index contributed by atoms with van der Waals surface area (Å²) in [5, 5.41) is 3.44. The number of hydrogen-bond donors (Lipinski definition) is 1. The highest BCUT2D eigenvalue weighted by molar-refractivity contribution is 7.99. The van der Waals surface area contributed by atoms with E-state index in [9.17, 15) is 0 Å². The van der Waals surface area contributed by atoms with Gasteiger partial charge in [0.2, 0.25) is 0 Å². The van der Waals surface area contributed by atoms with Gasteiger partial charge in [-0.1, -0.05) is 32.9 Å². The molecule has 0 saturated carbocycles. The number of nitrogens with one attached hydrogen (secondary N) is 1. The van der Waals surface area contributed by atoms with Crippen molar-refractivity contribution in [1.82, 2.24) is 5.32 Å². The largest absolute Gasteiger partial charge is 0.315 e. The average molecular weight is 251 g/mol. The highest BCUT2D eigenvalue weighted by Crippen LogP contribution is 2.22. The Labute approximate surface area is 110 Å². The van der Waals surface area contributed by atoms with E-state index in [-0.39, 0.29) is 0 Å². The Balaban J connectivity index is 2.32. The van der Waals surface area contributed by atoms with E-state index in [0.29, 0.717) is 12.0 Å². The van der Waals surface area contributed by atoms with Gasteiger partial charge >= 0.3 is 0 Å². The molecule has 0 amide bonds. The van der Waals surface area contributed by atoms with Crippen LogP contribution in [0.1, 0.15) is 45.6 Å². The Hall–Kier alpha value is -0.470. The second kappa shape index (κ2) is 7.78. The van der Waals surface area contributed by atoms with E-state index in [4.69, 9.17) is 0 Å². The van der Waals surface area contributed by atoms with Gasteiger partial charge in [0.05, 0.1) is 0 Å². The lowest BCUT2D eigenvalue weighted by molar-refractivity contribution is 0.556. The molecule has 0 saturated heterocycles. The first-order chi connectivity index (χ1) is 8.13. The van der Waals surface area contributed by atoms with Gasteiger partial charge in [0.25, 0.3) is 0 Å². The summed E-state index contributed by atoms with van der Waals surface area (Å²) in [5.41, 5.74) is 1.43. The van der Waals surface area contributed by atoms with Crippen molar-refractivity contribution in [2.75, 3.05) is 12.3 Å². The van der Waals surface area contributed by atoms with Gasteiger partial charge in [0.1, 0.15) is 0 Å². The van der Waals surface area contributed by atoms with Crippen LogP contribution in [0.5, 0.6) is 0 Å². The maximum Gasteiger partial charge on any atom is 0.00721 e. The smallest absolute Gasteiger partial charge is 0.00721 e. The second-order valence-corrected chi connectivity index (χ2v) is 5.99. The molecule has 1 aromatic carbocycles. The van der Waals surface area contributed by atoms with E-state index < -0.39 is 0 Å². The Bertz CT molecular complexity index is 305. The zero-order valence-corrected chi connectivity index (χ0v) is 12.3. The summed E-state index contributed by atoms with van der Waals surface area (Å²) in [6.45, 7) is 9.95. The molecule has 1 nitrogen and oxygen atoms in total. The molecule has 0 radical (unpaired) electrons. The fraction of sp³-hybridized carbons (Fsp3) is 0.600. The Morgan fingerprint density at radius 3 is 2.29 bits per heavy atom. The summed E-state index contributed by atoms with van der Waals surface area (Å²) in [6.07, 6.45) is 1.23. The Kier molecular flexibility index (Phi) is 6.68. The minimum absolute atomic E-state index is 0.627. The minimum atomic E-state index is 0.627. The van der Waals surface area contributed by atoms with Gasteiger partial charge in [-0.05, 0) is 49.3 Å². The van der Waals surface area contributed by atoms with Gasteiger partial charge in [-0.15, -0.1) is 11.8 Å². The van der Waals surface area contributed by atoms with Crippen LogP contribution in [-0.2, 0) is 0 Å². The van der Waals surface area contributed by atoms with Gasteiger partial charge in [-0.25, -0.2) is 0 Å². The van der Waals surface area contributed by atoms with Crippen LogP contribution in [0.4, 0.5) is 0 Å². The van der Waals surface area contributed by atoms with E-state index in [1.54, 1.807) is 0 Å². The molecule has 1 atom stereocenters. The van der Waals surface area contributed by atoms with Crippen LogP contribution in [0.25, 0.3) is 0 Å². The predicted molar refractivity (Wildman–Crippen MR) is 79.0 cm³/mol. The third kappa shape index (κ3) is 5.60. The van der Waals surface area contributed by atoms with E-state index in [2.05, 4.69) is 57.3 Å². The fourth-order valence-electron chi connectivity index (χ4n) is 1.75. The van der Waals surface area contributed by atoms with E-state index >= 15 is 0 Å². The number of rotatable bonds is 7. The Morgan fingerprint density at radius 2 is 1.76 bits per heavy atom. The first-order valence-corrected chi connectivity index (χ1v) is 7.58. The standard InChI is InChI=1S/C15H25NS/c1-5-16-13(4)10-11-17-15-8-6-14(7-9-15)12(2)3/h6-9,12-13,16H,5,10-11H2,1-4H3. The van der Waals surface area contributed by atoms with Crippen molar-refractivity contribution < 1.29 is 0 Å². The zero-order valence-electron chi connectivity index (χ0n) is 11.5. The first-order valence-electron chi connectivity index (χ1n) is 6.59. The summed E-state index contributed by atoms with van der Waals surface area (Å²) < 4.78 is 0. The first kappa shape index (κ1) is 14.6. The molecule has 0 bridgehead atoms. The molecule has 96 valence electrons. The number of benzene rings is 1. The molecule has 1 rings (SSSR count). The van der Waals surface area contributed by atoms with E-state index in [1.165, 1.54) is 22.6 Å². The quantitative estimate of drug-likeness (QED) is 0.726. The molecule has 1 N–H and O–H groups in total. The van der Waals surface area contributed by atoms with Crippen LogP contribution >= 0.6 is 11.8 Å². The van der Waals surface area contributed by atoms with Gasteiger partial charge in [0, 0.05) is 10.9 Å². The lowest BCUT2D eigenvalue weighted by atomic mass is 10.0. The monoisotopic (exact) mass is 251 g/mol.